The van der Waals surface area contributed by atoms with Crippen molar-refractivity contribution in [3.8, 4) is 0 Å². The number of hydrogen-bond donors (Lipinski definition) is 0. The van der Waals surface area contributed by atoms with Gasteiger partial charge in [-0.3, -0.25) is 0 Å². The molecular weight excluding hydrogens is 737 g/mol. The topological polar surface area (TPSA) is 0 Å². The van der Waals surface area contributed by atoms with E-state index < -0.39 is 0 Å². The third kappa shape index (κ3) is 36.9. The van der Waals surface area contributed by atoms with Crippen LogP contribution in [0.2, 0.25) is 0 Å². The van der Waals surface area contributed by atoms with Crippen molar-refractivity contribution in [2.24, 2.45) is 0 Å². The molecule has 0 aliphatic rings. The van der Waals surface area contributed by atoms with Crippen LogP contribution in [0.25, 0.3) is 0 Å². The van der Waals surface area contributed by atoms with Crippen molar-refractivity contribution in [3.63, 3.8) is 0 Å². The van der Waals surface area contributed by atoms with Gasteiger partial charge in [0.15, 0.2) is 0 Å². The van der Waals surface area contributed by atoms with Gasteiger partial charge in [0.1, 0.15) is 0 Å². The van der Waals surface area contributed by atoms with E-state index in [4.69, 9.17) is 0 Å². The number of hydrogen-bond acceptors (Lipinski definition) is 0. The van der Waals surface area contributed by atoms with Gasteiger partial charge in [-0.15, -0.1) is 0 Å². The summed E-state index contributed by atoms with van der Waals surface area (Å²) in [5, 5.41) is 0. The van der Waals surface area contributed by atoms with Gasteiger partial charge in [0, 0.05) is 108 Å². The van der Waals surface area contributed by atoms with Gasteiger partial charge in [-0.25, -0.2) is 0 Å². The van der Waals surface area contributed by atoms with Gasteiger partial charge < -0.3 is 0 Å². The largest absolute Gasteiger partial charge is 0.00711 e. The Kier molecular flexibility index (Phi) is 196. The molecule has 0 aromatic carbocycles. The van der Waals surface area contributed by atoms with Crippen LogP contribution in [-0.4, -0.2) is 0 Å². The van der Waals surface area contributed by atoms with Crippen LogP contribution in [0.15, 0.2) is 0 Å². The average Bonchev–Trinajstić information content (AvgIpc) is 1.50. The zero-order chi connectivity index (χ0) is 4.00. The van der Waals surface area contributed by atoms with E-state index in [9.17, 15) is 0 Å². The summed E-state index contributed by atoms with van der Waals surface area (Å²) in [6, 6.07) is 0. The molecule has 7 heteroatoms. The van der Waals surface area contributed by atoms with Crippen LogP contribution >= 0.6 is 66.1 Å². The minimum Gasteiger partial charge on any atom is -0.00711 e. The first-order chi connectivity index (χ1) is 2.00. The van der Waals surface area contributed by atoms with E-state index in [1.54, 1.807) is 0 Å². The first kappa shape index (κ1) is 29.9. The quantitative estimate of drug-likeness (QED) is 0.265. The maximum Gasteiger partial charge on any atom is 0.00711 e. The van der Waals surface area contributed by atoms with Gasteiger partial charge >= 0.3 is 0 Å². The van der Waals surface area contributed by atoms with Crippen LogP contribution in [-0.2, 0) is 67.1 Å². The van der Waals surface area contributed by atoms with Crippen molar-refractivity contribution >= 4 is 66.1 Å². The zero-order valence-electron chi connectivity index (χ0n) is 2.42. The second kappa shape index (κ2) is 45.9. The van der Waals surface area contributed by atoms with Crippen molar-refractivity contribution in [1.82, 2.24) is 0 Å². The summed E-state index contributed by atoms with van der Waals surface area (Å²) in [5.74, 6) is 0. The van der Waals surface area contributed by atoms with Crippen LogP contribution in [0, 0.1) is 0 Å². The third-order valence-corrected chi connectivity index (χ3v) is 0. The molecular formula is Ag3Br2I2. The predicted octanol–water partition coefficient (Wildman–Crippen LogP) is 3.46. The normalized spacial score (nSPS) is 1.71. The molecule has 0 saturated carbocycles. The average molecular weight is 737 g/mol. The Balaban J connectivity index is -0.00000000267. The Hall–Kier alpha value is 4.64. The fourth-order valence-electron chi connectivity index (χ4n) is 0. The standard InChI is InChI=1S/3Ag.2BrI/c;;;2*1-2. The molecule has 0 aromatic rings. The Morgan fingerprint density at radius 2 is 0.571 bits per heavy atom. The van der Waals surface area contributed by atoms with Crippen LogP contribution < -0.4 is 0 Å². The summed E-state index contributed by atoms with van der Waals surface area (Å²) >= 11 is 9.74. The summed E-state index contributed by atoms with van der Waals surface area (Å²) in [4.78, 5) is 0. The van der Waals surface area contributed by atoms with Gasteiger partial charge in [-0.2, -0.15) is 0 Å². The van der Waals surface area contributed by atoms with E-state index in [2.05, 4.69) is 25.4 Å². The van der Waals surface area contributed by atoms with Crippen molar-refractivity contribution in [1.29, 1.82) is 0 Å². The van der Waals surface area contributed by atoms with E-state index in [-0.39, 0.29) is 67.1 Å². The maximum atomic E-state index is 2.91. The second-order valence-corrected chi connectivity index (χ2v) is 0. The van der Waals surface area contributed by atoms with Crippen LogP contribution in [0.4, 0.5) is 0 Å². The van der Waals surface area contributed by atoms with Gasteiger partial charge in [-0.1, -0.05) is 0 Å². The summed E-state index contributed by atoms with van der Waals surface area (Å²) in [5.41, 5.74) is 0. The molecule has 0 amide bonds. The predicted molar refractivity (Wildman–Crippen MR) is 45.9 cm³/mol. The first-order valence-corrected chi connectivity index (χ1v) is 9.96. The zero-order valence-corrected chi connectivity index (χ0v) is 14.4. The molecule has 0 bridgehead atoms. The minimum absolute atomic E-state index is 0. The molecule has 0 N–H and O–H groups in total. The molecule has 0 spiro atoms. The minimum atomic E-state index is 0. The summed E-state index contributed by atoms with van der Waals surface area (Å²) in [7, 11) is 0. The van der Waals surface area contributed by atoms with Gasteiger partial charge in [0.25, 0.3) is 0 Å². The molecule has 61 valence electrons. The molecule has 7 heavy (non-hydrogen) atoms. The molecule has 3 radical (unpaired) electrons. The molecule has 0 aliphatic heterocycles. The molecule has 0 saturated heterocycles. The van der Waals surface area contributed by atoms with Crippen molar-refractivity contribution in [3.05, 3.63) is 0 Å². The van der Waals surface area contributed by atoms with E-state index in [1.807, 2.05) is 40.7 Å². The molecule has 0 nitrogen and oxygen atoms in total. The van der Waals surface area contributed by atoms with Crippen molar-refractivity contribution < 1.29 is 67.1 Å². The molecule has 0 atom stereocenters. The fourth-order valence-corrected chi connectivity index (χ4v) is 0. The monoisotopic (exact) mass is 732 g/mol. The van der Waals surface area contributed by atoms with Crippen LogP contribution in [0.3, 0.4) is 0 Å². The van der Waals surface area contributed by atoms with Crippen molar-refractivity contribution in [2.45, 2.75) is 0 Å². The molecule has 0 fully saturated rings. The smallest absolute Gasteiger partial charge is 0.00711 e. The van der Waals surface area contributed by atoms with E-state index >= 15 is 0 Å². The molecule has 0 heterocycles. The molecule has 0 aliphatic carbocycles. The third-order valence-electron chi connectivity index (χ3n) is 0. The molecule has 0 rings (SSSR count). The summed E-state index contributed by atoms with van der Waals surface area (Å²) < 4.78 is 0. The Morgan fingerprint density at radius 1 is 0.571 bits per heavy atom. The molecule has 0 unspecified atom stereocenters. The van der Waals surface area contributed by atoms with E-state index in [0.29, 0.717) is 0 Å². The van der Waals surface area contributed by atoms with Crippen LogP contribution in [0.5, 0.6) is 0 Å². The van der Waals surface area contributed by atoms with E-state index in [0.717, 1.165) is 0 Å². The van der Waals surface area contributed by atoms with Gasteiger partial charge in [0.2, 0.25) is 0 Å². The summed E-state index contributed by atoms with van der Waals surface area (Å²) in [6.45, 7) is 0. The second-order valence-electron chi connectivity index (χ2n) is 0. The number of halogens is 4. The van der Waals surface area contributed by atoms with Crippen LogP contribution in [0.1, 0.15) is 0 Å². The van der Waals surface area contributed by atoms with Gasteiger partial charge in [0.05, 0.1) is 0 Å². The Morgan fingerprint density at radius 3 is 0.571 bits per heavy atom. The van der Waals surface area contributed by atoms with Gasteiger partial charge in [-0.05, 0) is 25.4 Å². The SMILES string of the molecule is BrI.BrI.[Ag].[Ag].[Ag]. The Labute approximate surface area is 130 Å². The van der Waals surface area contributed by atoms with E-state index in [1.165, 1.54) is 0 Å². The first-order valence-electron chi connectivity index (χ1n) is 0.286. The maximum absolute atomic E-state index is 2.91. The number of rotatable bonds is 0. The fraction of sp³-hybridized carbons (Fsp3) is 0. The molecule has 0 aromatic heterocycles. The Bertz CT molecular complexity index is 10.9. The summed E-state index contributed by atoms with van der Waals surface area (Å²) in [6.07, 6.45) is 0. The van der Waals surface area contributed by atoms with Crippen molar-refractivity contribution in [2.75, 3.05) is 0 Å².